The molecule has 0 aliphatic carbocycles. The highest BCUT2D eigenvalue weighted by molar-refractivity contribution is 7.99. The SMILES string of the molecule is CCSc1ccc(NC(=O)c2cc(C)n(-c3ccccc3C(F)(F)F)c2C)cc1. The average molecular weight is 418 g/mol. The van der Waals surface area contributed by atoms with E-state index in [-0.39, 0.29) is 11.6 Å². The number of thioether (sulfide) groups is 1. The molecule has 0 radical (unpaired) electrons. The molecule has 152 valence electrons. The average Bonchev–Trinajstić information content (AvgIpc) is 2.97. The Kier molecular flexibility index (Phi) is 6.07. The van der Waals surface area contributed by atoms with Crippen LogP contribution in [-0.4, -0.2) is 16.2 Å². The lowest BCUT2D eigenvalue weighted by molar-refractivity contribution is -0.137. The first-order valence-corrected chi connectivity index (χ1v) is 10.1. The molecule has 0 aliphatic rings. The molecule has 0 bridgehead atoms. The van der Waals surface area contributed by atoms with E-state index >= 15 is 0 Å². The fourth-order valence-electron chi connectivity index (χ4n) is 3.27. The van der Waals surface area contributed by atoms with Crippen molar-refractivity contribution in [1.82, 2.24) is 4.57 Å². The smallest absolute Gasteiger partial charge is 0.322 e. The Hall–Kier alpha value is -2.67. The minimum Gasteiger partial charge on any atom is -0.322 e. The number of aryl methyl sites for hydroxylation is 1. The second-order valence-electron chi connectivity index (χ2n) is 6.55. The molecular formula is C22H21F3N2OS. The van der Waals surface area contributed by atoms with Crippen molar-refractivity contribution in [2.75, 3.05) is 11.1 Å². The van der Waals surface area contributed by atoms with Crippen molar-refractivity contribution in [3.63, 3.8) is 0 Å². The Bertz CT molecular complexity index is 1020. The van der Waals surface area contributed by atoms with Crippen LogP contribution in [-0.2, 0) is 6.18 Å². The van der Waals surface area contributed by atoms with Gasteiger partial charge in [-0.15, -0.1) is 11.8 Å². The van der Waals surface area contributed by atoms with Crippen molar-refractivity contribution in [2.24, 2.45) is 0 Å². The first-order valence-electron chi connectivity index (χ1n) is 9.12. The van der Waals surface area contributed by atoms with Crippen LogP contribution in [0.3, 0.4) is 0 Å². The summed E-state index contributed by atoms with van der Waals surface area (Å²) in [7, 11) is 0. The zero-order valence-electron chi connectivity index (χ0n) is 16.3. The summed E-state index contributed by atoms with van der Waals surface area (Å²) in [5.74, 6) is 0.599. The number of rotatable bonds is 5. The van der Waals surface area contributed by atoms with Crippen LogP contribution in [0.5, 0.6) is 0 Å². The Morgan fingerprint density at radius 3 is 2.34 bits per heavy atom. The molecule has 0 aliphatic heterocycles. The van der Waals surface area contributed by atoms with Gasteiger partial charge in [0.1, 0.15) is 0 Å². The quantitative estimate of drug-likeness (QED) is 0.481. The van der Waals surface area contributed by atoms with E-state index in [2.05, 4.69) is 12.2 Å². The molecule has 0 unspecified atom stereocenters. The van der Waals surface area contributed by atoms with Gasteiger partial charge < -0.3 is 9.88 Å². The zero-order valence-corrected chi connectivity index (χ0v) is 17.1. The highest BCUT2D eigenvalue weighted by atomic mass is 32.2. The Balaban J connectivity index is 1.93. The van der Waals surface area contributed by atoms with Gasteiger partial charge in [0.15, 0.2) is 0 Å². The minimum absolute atomic E-state index is 0.00925. The summed E-state index contributed by atoms with van der Waals surface area (Å²) in [5, 5.41) is 2.82. The van der Waals surface area contributed by atoms with Crippen molar-refractivity contribution in [3.8, 4) is 5.69 Å². The topological polar surface area (TPSA) is 34.0 Å². The summed E-state index contributed by atoms with van der Waals surface area (Å²) in [6, 6.07) is 14.5. The molecule has 2 aromatic carbocycles. The van der Waals surface area contributed by atoms with Crippen molar-refractivity contribution >= 4 is 23.4 Å². The fourth-order valence-corrected chi connectivity index (χ4v) is 3.93. The van der Waals surface area contributed by atoms with E-state index < -0.39 is 11.7 Å². The van der Waals surface area contributed by atoms with Gasteiger partial charge in [0.2, 0.25) is 0 Å². The first-order chi connectivity index (χ1) is 13.7. The van der Waals surface area contributed by atoms with E-state index in [4.69, 9.17) is 0 Å². The Morgan fingerprint density at radius 1 is 1.07 bits per heavy atom. The second-order valence-corrected chi connectivity index (χ2v) is 7.88. The highest BCUT2D eigenvalue weighted by Crippen LogP contribution is 2.35. The van der Waals surface area contributed by atoms with Crippen LogP contribution in [0.15, 0.2) is 59.5 Å². The van der Waals surface area contributed by atoms with Crippen LogP contribution in [0.1, 0.15) is 34.2 Å². The second kappa shape index (κ2) is 8.37. The number of carbonyl (C=O) groups is 1. The van der Waals surface area contributed by atoms with Crippen LogP contribution in [0.4, 0.5) is 18.9 Å². The number of hydrogen-bond donors (Lipinski definition) is 1. The molecule has 3 rings (SSSR count). The van der Waals surface area contributed by atoms with Gasteiger partial charge in [0.25, 0.3) is 5.91 Å². The third-order valence-corrected chi connectivity index (χ3v) is 5.44. The number of hydrogen-bond acceptors (Lipinski definition) is 2. The number of halogens is 3. The predicted molar refractivity (Wildman–Crippen MR) is 111 cm³/mol. The van der Waals surface area contributed by atoms with E-state index in [0.717, 1.165) is 16.7 Å². The number of amides is 1. The summed E-state index contributed by atoms with van der Waals surface area (Å²) < 4.78 is 41.8. The maximum absolute atomic E-state index is 13.4. The molecule has 1 heterocycles. The van der Waals surface area contributed by atoms with Gasteiger partial charge in [0.05, 0.1) is 16.8 Å². The molecule has 1 aromatic heterocycles. The molecule has 0 atom stereocenters. The number of aromatic nitrogens is 1. The molecule has 1 N–H and O–H groups in total. The lowest BCUT2D eigenvalue weighted by Gasteiger charge is -2.16. The molecular weight excluding hydrogens is 397 g/mol. The van der Waals surface area contributed by atoms with E-state index in [9.17, 15) is 18.0 Å². The van der Waals surface area contributed by atoms with E-state index in [1.807, 2.05) is 24.3 Å². The number of anilines is 1. The molecule has 0 fully saturated rings. The lowest BCUT2D eigenvalue weighted by Crippen LogP contribution is -2.14. The van der Waals surface area contributed by atoms with Gasteiger partial charge in [-0.05, 0) is 62.1 Å². The van der Waals surface area contributed by atoms with Crippen LogP contribution in [0.2, 0.25) is 0 Å². The molecule has 0 saturated heterocycles. The number of alkyl halides is 3. The van der Waals surface area contributed by atoms with E-state index in [0.29, 0.717) is 22.6 Å². The predicted octanol–water partition coefficient (Wildman–Crippen LogP) is 6.48. The highest BCUT2D eigenvalue weighted by Gasteiger charge is 2.34. The molecule has 0 spiro atoms. The van der Waals surface area contributed by atoms with Crippen molar-refractivity contribution < 1.29 is 18.0 Å². The lowest BCUT2D eigenvalue weighted by atomic mass is 10.1. The van der Waals surface area contributed by atoms with Crippen LogP contribution in [0, 0.1) is 13.8 Å². The summed E-state index contributed by atoms with van der Waals surface area (Å²) >= 11 is 1.70. The fraction of sp³-hybridized carbons (Fsp3) is 0.227. The van der Waals surface area contributed by atoms with Crippen LogP contribution >= 0.6 is 11.8 Å². The van der Waals surface area contributed by atoms with Crippen molar-refractivity contribution in [3.05, 3.63) is 77.1 Å². The summed E-state index contributed by atoms with van der Waals surface area (Å²) in [4.78, 5) is 13.9. The van der Waals surface area contributed by atoms with Crippen molar-refractivity contribution in [2.45, 2.75) is 31.8 Å². The van der Waals surface area contributed by atoms with Gasteiger partial charge in [0, 0.05) is 22.0 Å². The minimum atomic E-state index is -4.49. The number of nitrogens with one attached hydrogen (secondary N) is 1. The van der Waals surface area contributed by atoms with Gasteiger partial charge in [-0.3, -0.25) is 4.79 Å². The zero-order chi connectivity index (χ0) is 21.2. The standard InChI is InChI=1S/C22H21F3N2OS/c1-4-29-17-11-9-16(10-12-17)26-21(28)18-13-14(2)27(15(18)3)20-8-6-5-7-19(20)22(23,24)25/h5-13H,4H2,1-3H3,(H,26,28). The van der Waals surface area contributed by atoms with Gasteiger partial charge >= 0.3 is 6.18 Å². The number of benzene rings is 2. The molecule has 3 aromatic rings. The maximum Gasteiger partial charge on any atom is 0.418 e. The summed E-state index contributed by atoms with van der Waals surface area (Å²) in [6.07, 6.45) is -4.49. The Labute approximate surface area is 171 Å². The summed E-state index contributed by atoms with van der Waals surface area (Å²) in [5.41, 5.74) is 1.25. The van der Waals surface area contributed by atoms with E-state index in [1.165, 1.54) is 16.7 Å². The number of nitrogens with zero attached hydrogens (tertiary/aromatic N) is 1. The third-order valence-electron chi connectivity index (χ3n) is 4.55. The number of para-hydroxylation sites is 1. The normalized spacial score (nSPS) is 11.5. The monoisotopic (exact) mass is 418 g/mol. The molecule has 7 heteroatoms. The largest absolute Gasteiger partial charge is 0.418 e. The van der Waals surface area contributed by atoms with Crippen LogP contribution < -0.4 is 5.32 Å². The third kappa shape index (κ3) is 4.50. The molecule has 3 nitrogen and oxygen atoms in total. The molecule has 0 saturated carbocycles. The first kappa shape index (κ1) is 21.0. The molecule has 29 heavy (non-hydrogen) atoms. The van der Waals surface area contributed by atoms with Gasteiger partial charge in [-0.1, -0.05) is 19.1 Å². The van der Waals surface area contributed by atoms with Gasteiger partial charge in [-0.25, -0.2) is 0 Å². The van der Waals surface area contributed by atoms with Crippen molar-refractivity contribution in [1.29, 1.82) is 0 Å². The molecule has 1 amide bonds. The summed E-state index contributed by atoms with van der Waals surface area (Å²) in [6.45, 7) is 5.40. The maximum atomic E-state index is 13.4. The van der Waals surface area contributed by atoms with E-state index in [1.54, 1.807) is 37.7 Å². The Morgan fingerprint density at radius 2 is 1.72 bits per heavy atom. The van der Waals surface area contributed by atoms with Gasteiger partial charge in [-0.2, -0.15) is 13.2 Å². The van der Waals surface area contributed by atoms with Crippen LogP contribution in [0.25, 0.3) is 5.69 Å². The number of carbonyl (C=O) groups excluding carboxylic acids is 1.